The maximum atomic E-state index is 8.83. The van der Waals surface area contributed by atoms with Gasteiger partial charge in [-0.05, 0) is 11.1 Å². The van der Waals surface area contributed by atoms with Crippen molar-refractivity contribution in [2.75, 3.05) is 112 Å². The van der Waals surface area contributed by atoms with Gasteiger partial charge in [-0.3, -0.25) is 0 Å². The Balaban J connectivity index is 0.000000414. The molecule has 0 aliphatic rings. The number of aromatic nitrogens is 15. The molecule has 8 N–H and O–H groups in total. The van der Waals surface area contributed by atoms with Crippen LogP contribution in [0.4, 0.5) is 29.7 Å². The van der Waals surface area contributed by atoms with Crippen LogP contribution in [0.3, 0.4) is 0 Å². The fourth-order valence-corrected chi connectivity index (χ4v) is 5.01. The molecular weight excluding hydrogens is 945 g/mol. The Bertz CT molecular complexity index is 2220. The van der Waals surface area contributed by atoms with E-state index in [0.717, 1.165) is 0 Å². The number of nitrogens with zero attached hydrogens (tertiary/aromatic N) is 21. The molecule has 0 saturated carbocycles. The number of nitrogens with one attached hydrogen (secondary N) is 5. The van der Waals surface area contributed by atoms with Gasteiger partial charge in [0.05, 0.1) is 137 Å². The molecule has 33 nitrogen and oxygen atoms in total. The normalized spacial score (nSPS) is 10.1. The number of aryl methyl sites for hydroxylation is 1. The first-order valence-corrected chi connectivity index (χ1v) is 21.8. The zero-order valence-electron chi connectivity index (χ0n) is 39.2. The van der Waals surface area contributed by atoms with Crippen molar-refractivity contribution in [1.29, 1.82) is 0 Å². The molecule has 5 heterocycles. The molecule has 72 heavy (non-hydrogen) atoms. The lowest BCUT2D eigenvalue weighted by molar-refractivity contribution is 0.0851. The Labute approximate surface area is 412 Å². The highest BCUT2D eigenvalue weighted by atomic mass is 16.6. The highest BCUT2D eigenvalue weighted by Crippen LogP contribution is 2.13. The average molecular weight is 1000 g/mol. The van der Waals surface area contributed by atoms with Crippen molar-refractivity contribution in [1.82, 2.24) is 74.9 Å². The lowest BCUT2D eigenvalue weighted by atomic mass is 10.3. The van der Waals surface area contributed by atoms with E-state index in [1.807, 2.05) is 0 Å². The van der Waals surface area contributed by atoms with Crippen LogP contribution in [0.2, 0.25) is 0 Å². The monoisotopic (exact) mass is 1000 g/mol. The molecule has 5 aromatic rings. The number of hydrogen-bond acceptors (Lipinski definition) is 26. The van der Waals surface area contributed by atoms with Crippen molar-refractivity contribution in [2.45, 2.75) is 52.1 Å². The van der Waals surface area contributed by atoms with Crippen LogP contribution in [-0.4, -0.2) is 176 Å². The summed E-state index contributed by atoms with van der Waals surface area (Å²) < 4.78 is 20.8. The summed E-state index contributed by atoms with van der Waals surface area (Å²) in [5.74, 6) is 9.74. The van der Waals surface area contributed by atoms with Crippen molar-refractivity contribution in [3.8, 4) is 37.0 Å². The minimum Gasteiger partial charge on any atom is -0.433 e. The van der Waals surface area contributed by atoms with E-state index in [-0.39, 0.29) is 52.8 Å². The molecule has 0 unspecified atom stereocenters. The highest BCUT2D eigenvalue weighted by molar-refractivity contribution is 5.42. The lowest BCUT2D eigenvalue weighted by Gasteiger charge is -2.10. The molecule has 0 aromatic carbocycles. The fraction of sp³-hybridized carbons (Fsp3) is 0.538. The maximum absolute atomic E-state index is 8.83. The Kier molecular flexibility index (Phi) is 29.8. The van der Waals surface area contributed by atoms with E-state index in [4.69, 9.17) is 59.9 Å². The van der Waals surface area contributed by atoms with E-state index in [1.54, 1.807) is 32.6 Å². The molecule has 0 spiro atoms. The van der Waals surface area contributed by atoms with Crippen LogP contribution in [0.1, 0.15) is 29.3 Å². The topological polar surface area (TPSA) is 425 Å². The van der Waals surface area contributed by atoms with E-state index in [2.05, 4.69) is 130 Å². The van der Waals surface area contributed by atoms with E-state index >= 15 is 0 Å². The van der Waals surface area contributed by atoms with Gasteiger partial charge in [0.25, 0.3) is 0 Å². The molecule has 0 bridgehead atoms. The molecule has 0 fully saturated rings. The molecule has 384 valence electrons. The van der Waals surface area contributed by atoms with Crippen LogP contribution < -0.4 is 26.6 Å². The summed E-state index contributed by atoms with van der Waals surface area (Å²) in [4.78, 5) is 34.9. The molecule has 33 heteroatoms. The minimum atomic E-state index is -0.0322. The van der Waals surface area contributed by atoms with E-state index in [1.165, 1.54) is 0 Å². The van der Waals surface area contributed by atoms with Crippen molar-refractivity contribution in [2.24, 2.45) is 10.4 Å². The zero-order valence-corrected chi connectivity index (χ0v) is 39.2. The predicted octanol–water partition coefficient (Wildman–Crippen LogP) is -0.425. The van der Waals surface area contributed by atoms with Crippen molar-refractivity contribution >= 4 is 29.7 Å². The van der Waals surface area contributed by atoms with Crippen LogP contribution in [0.15, 0.2) is 29.0 Å². The first-order chi connectivity index (χ1) is 35.4. The van der Waals surface area contributed by atoms with Gasteiger partial charge < -0.3 is 61.0 Å². The van der Waals surface area contributed by atoms with Crippen molar-refractivity contribution < 1.29 is 34.4 Å². The standard InChI is InChI=1S/C24H39N15O6.C13H13N5.C2H4N6O/c40-4-10-43-7-1-37-16-19(31-34-37)13-25-22-28-23(26-14-20-17-38(35-32-20)2-8-44-11-5-41)30-24(29-22)27-15-21-18-39(36-33-21)3-9-45-12-6-42;1-4-7-8-11-16-12(14-9-5-2)18-13(17-11)15-10-6-3;3-6-5-1-2-9-8-7-4/h16-18,40-42H,1-15H2,(H3,25,26,27,28,29,30);1-3H,7-10H2,(H2,14,15,16,17,18);1-2H2. The summed E-state index contributed by atoms with van der Waals surface area (Å²) >= 11 is 0. The molecule has 0 saturated heterocycles. The van der Waals surface area contributed by atoms with Gasteiger partial charge in [0.1, 0.15) is 34.8 Å². The van der Waals surface area contributed by atoms with Gasteiger partial charge in [-0.25, -0.2) is 14.0 Å². The summed E-state index contributed by atoms with van der Waals surface area (Å²) in [6, 6.07) is 0. The molecule has 0 atom stereocenters. The van der Waals surface area contributed by atoms with Crippen LogP contribution in [0, 0.1) is 37.0 Å². The summed E-state index contributed by atoms with van der Waals surface area (Å²) in [7, 11) is 0. The molecular formula is C39H56N26O7. The SMILES string of the molecule is C#CCCc1nc(NCC#C)nc(NCC#C)n1.OCCOCCn1cc(CNc2nc(NCc3cn(CCOCCO)nn3)nc(NCc3cn(CCOCCO)nn3)n2)nn1.[N-]=[N+]=NCCON=[N+]=[N-]. The third-order valence-corrected chi connectivity index (χ3v) is 8.09. The number of ether oxygens (including phenoxy) is 3. The Hall–Kier alpha value is -8.70. The summed E-state index contributed by atoms with van der Waals surface area (Å²) in [5, 5.41) is 72.3. The predicted molar refractivity (Wildman–Crippen MR) is 256 cm³/mol. The van der Waals surface area contributed by atoms with Gasteiger partial charge in [0, 0.05) is 22.7 Å². The number of aliphatic hydroxyl groups excluding tert-OH is 3. The quantitative estimate of drug-likeness (QED) is 0.00647. The fourth-order valence-electron chi connectivity index (χ4n) is 5.01. The minimum absolute atomic E-state index is 0.0322. The summed E-state index contributed by atoms with van der Waals surface area (Å²) in [6.07, 6.45) is 22.0. The second-order valence-electron chi connectivity index (χ2n) is 13.5. The third-order valence-electron chi connectivity index (χ3n) is 8.09. The molecule has 0 aliphatic heterocycles. The summed E-state index contributed by atoms with van der Waals surface area (Å²) in [5.41, 5.74) is 17.4. The third kappa shape index (κ3) is 25.6. The van der Waals surface area contributed by atoms with Crippen molar-refractivity contribution in [3.63, 3.8) is 0 Å². The average Bonchev–Trinajstić information content (AvgIpc) is 4.19. The largest absolute Gasteiger partial charge is 0.433 e. The van der Waals surface area contributed by atoms with Gasteiger partial charge in [0.2, 0.25) is 29.7 Å². The highest BCUT2D eigenvalue weighted by Gasteiger charge is 2.11. The zero-order chi connectivity index (χ0) is 51.7. The first-order valence-electron chi connectivity index (χ1n) is 21.8. The van der Waals surface area contributed by atoms with Gasteiger partial charge in [-0.15, -0.1) is 40.5 Å². The molecule has 5 aromatic heterocycles. The van der Waals surface area contributed by atoms with Crippen LogP contribution >= 0.6 is 0 Å². The molecule has 0 aliphatic carbocycles. The number of hydrogen-bond donors (Lipinski definition) is 8. The van der Waals surface area contributed by atoms with E-state index in [9.17, 15) is 0 Å². The first kappa shape index (κ1) is 57.6. The number of terminal acetylenes is 3. The van der Waals surface area contributed by atoms with E-state index in [0.29, 0.717) is 138 Å². The lowest BCUT2D eigenvalue weighted by Crippen LogP contribution is -2.13. The number of azide groups is 2. The molecule has 0 radical (unpaired) electrons. The number of aliphatic hydroxyl groups is 3. The van der Waals surface area contributed by atoms with Crippen LogP contribution in [0.5, 0.6) is 0 Å². The Morgan fingerprint density at radius 2 is 0.944 bits per heavy atom. The Morgan fingerprint density at radius 1 is 0.542 bits per heavy atom. The van der Waals surface area contributed by atoms with Gasteiger partial charge in [-0.1, -0.05) is 32.6 Å². The van der Waals surface area contributed by atoms with Gasteiger partial charge in [0.15, 0.2) is 0 Å². The van der Waals surface area contributed by atoms with Gasteiger partial charge in [-0.2, -0.15) is 29.9 Å². The second kappa shape index (κ2) is 37.2. The Morgan fingerprint density at radius 3 is 1.29 bits per heavy atom. The van der Waals surface area contributed by atoms with Crippen LogP contribution in [0.25, 0.3) is 20.9 Å². The molecule has 5 rings (SSSR count). The smallest absolute Gasteiger partial charge is 0.229 e. The van der Waals surface area contributed by atoms with Crippen LogP contribution in [-0.2, 0) is 64.7 Å². The summed E-state index contributed by atoms with van der Waals surface area (Å²) in [6.45, 7) is 5.33. The van der Waals surface area contributed by atoms with Crippen molar-refractivity contribution in [3.05, 3.63) is 62.4 Å². The van der Waals surface area contributed by atoms with Gasteiger partial charge >= 0.3 is 0 Å². The van der Waals surface area contributed by atoms with E-state index < -0.39 is 0 Å². The second-order valence-corrected chi connectivity index (χ2v) is 13.5. The maximum Gasteiger partial charge on any atom is 0.229 e. The number of rotatable bonds is 34. The number of anilines is 5. The molecule has 0 amide bonds.